The van der Waals surface area contributed by atoms with Gasteiger partial charge in [-0.3, -0.25) is 9.59 Å². The first kappa shape index (κ1) is 26.0. The molecule has 2 N–H and O–H groups in total. The SMILES string of the molecule is CC(C)OC(=O)CSCCCS[C@H]1C(=O)C[C@@H](CO)[C@@H]1C=CC(O)Cc1ccccc1. The molecule has 1 aliphatic rings. The van der Waals surface area contributed by atoms with Crippen LogP contribution in [0.2, 0.25) is 0 Å². The number of hydrogen-bond donors (Lipinski definition) is 2. The zero-order valence-corrected chi connectivity index (χ0v) is 19.9. The highest BCUT2D eigenvalue weighted by Crippen LogP contribution is 2.38. The third-order valence-electron chi connectivity index (χ3n) is 5.07. The lowest BCUT2D eigenvalue weighted by Gasteiger charge is -2.19. The Morgan fingerprint density at radius 1 is 1.26 bits per heavy atom. The zero-order valence-electron chi connectivity index (χ0n) is 18.3. The summed E-state index contributed by atoms with van der Waals surface area (Å²) in [6.07, 6.45) is 4.78. The molecule has 1 aromatic rings. The van der Waals surface area contributed by atoms with Crippen molar-refractivity contribution in [3.63, 3.8) is 0 Å². The molecule has 2 rings (SSSR count). The van der Waals surface area contributed by atoms with Crippen LogP contribution in [0.25, 0.3) is 0 Å². The van der Waals surface area contributed by atoms with Crippen LogP contribution in [0.3, 0.4) is 0 Å². The van der Waals surface area contributed by atoms with Crippen LogP contribution < -0.4 is 0 Å². The van der Waals surface area contributed by atoms with Gasteiger partial charge in [-0.25, -0.2) is 0 Å². The Balaban J connectivity index is 1.79. The van der Waals surface area contributed by atoms with Crippen LogP contribution in [-0.4, -0.2) is 63.3 Å². The van der Waals surface area contributed by atoms with E-state index in [9.17, 15) is 19.8 Å². The lowest BCUT2D eigenvalue weighted by atomic mass is 9.95. The van der Waals surface area contributed by atoms with E-state index in [1.807, 2.05) is 50.3 Å². The van der Waals surface area contributed by atoms with Crippen molar-refractivity contribution in [3.8, 4) is 0 Å². The van der Waals surface area contributed by atoms with E-state index in [1.165, 1.54) is 0 Å². The first-order chi connectivity index (χ1) is 14.9. The summed E-state index contributed by atoms with van der Waals surface area (Å²) in [5.74, 6) is 1.82. The Morgan fingerprint density at radius 2 is 2.00 bits per heavy atom. The molecular weight excluding hydrogens is 432 g/mol. The van der Waals surface area contributed by atoms with Gasteiger partial charge in [-0.15, -0.1) is 11.8 Å². The number of ketones is 1. The smallest absolute Gasteiger partial charge is 0.316 e. The van der Waals surface area contributed by atoms with E-state index in [4.69, 9.17) is 4.74 Å². The molecule has 5 nitrogen and oxygen atoms in total. The predicted molar refractivity (Wildman–Crippen MR) is 128 cm³/mol. The average Bonchev–Trinajstić information content (AvgIpc) is 3.03. The van der Waals surface area contributed by atoms with Gasteiger partial charge in [-0.05, 0) is 43.3 Å². The van der Waals surface area contributed by atoms with E-state index in [0.29, 0.717) is 18.6 Å². The Hall–Kier alpha value is -1.28. The van der Waals surface area contributed by atoms with Gasteiger partial charge in [0, 0.05) is 25.4 Å². The molecule has 0 bridgehead atoms. The van der Waals surface area contributed by atoms with Crippen LogP contribution in [0.1, 0.15) is 32.3 Å². The summed E-state index contributed by atoms with van der Waals surface area (Å²) >= 11 is 3.17. The van der Waals surface area contributed by atoms with Gasteiger partial charge in [0.2, 0.25) is 0 Å². The molecule has 0 amide bonds. The number of aliphatic hydroxyl groups is 2. The van der Waals surface area contributed by atoms with Crippen molar-refractivity contribution >= 4 is 35.3 Å². The van der Waals surface area contributed by atoms with Crippen molar-refractivity contribution in [2.75, 3.05) is 23.9 Å². The Kier molecular flexibility index (Phi) is 11.7. The van der Waals surface area contributed by atoms with E-state index in [2.05, 4.69) is 0 Å². The molecule has 4 atom stereocenters. The summed E-state index contributed by atoms with van der Waals surface area (Å²) in [7, 11) is 0. The topological polar surface area (TPSA) is 83.8 Å². The number of Topliss-reactive ketones (excluding diaryl/α,β-unsaturated/α-hetero) is 1. The van der Waals surface area contributed by atoms with E-state index in [-0.39, 0.29) is 41.5 Å². The van der Waals surface area contributed by atoms with Crippen LogP contribution in [0.5, 0.6) is 0 Å². The van der Waals surface area contributed by atoms with E-state index in [0.717, 1.165) is 23.5 Å². The molecular formula is C24H34O5S2. The van der Waals surface area contributed by atoms with Crippen molar-refractivity contribution < 1.29 is 24.5 Å². The number of carbonyl (C=O) groups excluding carboxylic acids is 2. The third-order valence-corrected chi connectivity index (χ3v) is 7.55. The van der Waals surface area contributed by atoms with Gasteiger partial charge < -0.3 is 14.9 Å². The zero-order chi connectivity index (χ0) is 22.6. The molecule has 0 heterocycles. The molecule has 1 aliphatic carbocycles. The standard InChI is InChI=1S/C24H34O5S2/c1-17(2)29-23(28)16-30-11-6-12-31-24-21(19(15-25)14-22(24)27)10-9-20(26)13-18-7-4-3-5-8-18/h3-5,7-10,17,19-21,24-26H,6,11-16H2,1-2H3/t19-,20?,21-,24+/m0/s1. The van der Waals surface area contributed by atoms with E-state index in [1.54, 1.807) is 29.6 Å². The fraction of sp³-hybridized carbons (Fsp3) is 0.583. The molecule has 31 heavy (non-hydrogen) atoms. The monoisotopic (exact) mass is 466 g/mol. The molecule has 1 unspecified atom stereocenters. The summed E-state index contributed by atoms with van der Waals surface area (Å²) in [6.45, 7) is 3.65. The first-order valence-corrected chi connectivity index (χ1v) is 13.0. The van der Waals surface area contributed by atoms with Gasteiger partial charge in [0.15, 0.2) is 0 Å². The van der Waals surface area contributed by atoms with Crippen LogP contribution in [0.4, 0.5) is 0 Å². The van der Waals surface area contributed by atoms with Crippen molar-refractivity contribution in [2.45, 2.75) is 50.6 Å². The highest BCUT2D eigenvalue weighted by molar-refractivity contribution is 8.01. The van der Waals surface area contributed by atoms with Gasteiger partial charge in [-0.2, -0.15) is 11.8 Å². The number of carbonyl (C=O) groups is 2. The predicted octanol–water partition coefficient (Wildman–Crippen LogP) is 3.52. The van der Waals surface area contributed by atoms with Crippen molar-refractivity contribution in [3.05, 3.63) is 48.0 Å². The number of ether oxygens (including phenoxy) is 1. The van der Waals surface area contributed by atoms with E-state index < -0.39 is 6.10 Å². The summed E-state index contributed by atoms with van der Waals surface area (Å²) in [5.41, 5.74) is 1.06. The largest absolute Gasteiger partial charge is 0.462 e. The number of esters is 1. The maximum absolute atomic E-state index is 12.5. The Bertz CT molecular complexity index is 707. The van der Waals surface area contributed by atoms with Crippen LogP contribution >= 0.6 is 23.5 Å². The minimum atomic E-state index is -0.620. The highest BCUT2D eigenvalue weighted by Gasteiger charge is 2.40. The summed E-state index contributed by atoms with van der Waals surface area (Å²) in [4.78, 5) is 24.1. The molecule has 0 aliphatic heterocycles. The number of rotatable bonds is 13. The quantitative estimate of drug-likeness (QED) is 0.261. The lowest BCUT2D eigenvalue weighted by molar-refractivity contribution is -0.144. The molecule has 0 radical (unpaired) electrons. The number of thioether (sulfide) groups is 2. The molecule has 0 aromatic heterocycles. The van der Waals surface area contributed by atoms with Crippen molar-refractivity contribution in [1.29, 1.82) is 0 Å². The number of aliphatic hydroxyl groups excluding tert-OH is 2. The number of hydrogen-bond acceptors (Lipinski definition) is 7. The lowest BCUT2D eigenvalue weighted by Crippen LogP contribution is -2.21. The second-order valence-corrected chi connectivity index (χ2v) is 10.4. The van der Waals surface area contributed by atoms with Crippen molar-refractivity contribution in [1.82, 2.24) is 0 Å². The second kappa shape index (κ2) is 14.0. The summed E-state index contributed by atoms with van der Waals surface area (Å²) in [5, 5.41) is 19.9. The summed E-state index contributed by atoms with van der Waals surface area (Å²) < 4.78 is 5.11. The van der Waals surface area contributed by atoms with Gasteiger partial charge in [0.1, 0.15) is 5.78 Å². The first-order valence-electron chi connectivity index (χ1n) is 10.8. The molecule has 1 fully saturated rings. The molecule has 0 spiro atoms. The number of allylic oxidation sites excluding steroid dienone is 1. The Labute approximate surface area is 194 Å². The fourth-order valence-corrected chi connectivity index (χ4v) is 5.92. The second-order valence-electron chi connectivity index (χ2n) is 8.07. The van der Waals surface area contributed by atoms with Crippen molar-refractivity contribution in [2.24, 2.45) is 11.8 Å². The van der Waals surface area contributed by atoms with Gasteiger partial charge >= 0.3 is 5.97 Å². The van der Waals surface area contributed by atoms with Crippen LogP contribution in [0.15, 0.2) is 42.5 Å². The number of benzene rings is 1. The van der Waals surface area contributed by atoms with Crippen LogP contribution in [-0.2, 0) is 20.7 Å². The average molecular weight is 467 g/mol. The maximum Gasteiger partial charge on any atom is 0.316 e. The van der Waals surface area contributed by atoms with Gasteiger partial charge in [0.25, 0.3) is 0 Å². The summed E-state index contributed by atoms with van der Waals surface area (Å²) in [6, 6.07) is 9.79. The maximum atomic E-state index is 12.5. The fourth-order valence-electron chi connectivity index (χ4n) is 3.62. The molecule has 1 aromatic carbocycles. The highest BCUT2D eigenvalue weighted by atomic mass is 32.2. The third kappa shape index (κ3) is 9.39. The minimum absolute atomic E-state index is 0.0274. The van der Waals surface area contributed by atoms with E-state index >= 15 is 0 Å². The van der Waals surface area contributed by atoms with Crippen LogP contribution in [0, 0.1) is 11.8 Å². The molecule has 1 saturated carbocycles. The minimum Gasteiger partial charge on any atom is -0.462 e. The Morgan fingerprint density at radius 3 is 2.68 bits per heavy atom. The van der Waals surface area contributed by atoms with Gasteiger partial charge in [0.05, 0.1) is 23.2 Å². The molecule has 7 heteroatoms. The normalized spacial score (nSPS) is 22.4. The molecule has 172 valence electrons. The molecule has 0 saturated heterocycles. The van der Waals surface area contributed by atoms with Gasteiger partial charge in [-0.1, -0.05) is 42.5 Å².